The molecule has 2 heteroatoms. The second-order valence-corrected chi connectivity index (χ2v) is 4.07. The van der Waals surface area contributed by atoms with E-state index in [0.29, 0.717) is 5.92 Å². The largest absolute Gasteiger partial charge is 0.381 e. The topological polar surface area (TPSA) is 21.3 Å². The molecule has 0 saturated carbocycles. The zero-order chi connectivity index (χ0) is 11.8. The van der Waals surface area contributed by atoms with Crippen molar-refractivity contribution < 1.29 is 4.74 Å². The molecule has 0 radical (unpaired) electrons. The SMILES string of the molecule is CCNCC(COCC)c1ccc(C)cc1. The molecule has 2 nitrogen and oxygen atoms in total. The average Bonchev–Trinajstić information content (AvgIpc) is 2.31. The molecule has 1 unspecified atom stereocenters. The highest BCUT2D eigenvalue weighted by Crippen LogP contribution is 2.16. The number of benzene rings is 1. The molecule has 1 atom stereocenters. The summed E-state index contributed by atoms with van der Waals surface area (Å²) in [6.07, 6.45) is 0. The van der Waals surface area contributed by atoms with Crippen LogP contribution >= 0.6 is 0 Å². The summed E-state index contributed by atoms with van der Waals surface area (Å²) < 4.78 is 5.54. The summed E-state index contributed by atoms with van der Waals surface area (Å²) in [6.45, 7) is 9.87. The van der Waals surface area contributed by atoms with Crippen molar-refractivity contribution in [3.05, 3.63) is 35.4 Å². The van der Waals surface area contributed by atoms with Gasteiger partial charge in [0.25, 0.3) is 0 Å². The Morgan fingerprint density at radius 3 is 2.44 bits per heavy atom. The molecule has 16 heavy (non-hydrogen) atoms. The second kappa shape index (κ2) is 7.42. The number of rotatable bonds is 7. The van der Waals surface area contributed by atoms with E-state index in [1.165, 1.54) is 11.1 Å². The van der Waals surface area contributed by atoms with Crippen LogP contribution in [0.1, 0.15) is 30.9 Å². The monoisotopic (exact) mass is 221 g/mol. The fourth-order valence-corrected chi connectivity index (χ4v) is 1.69. The first-order chi connectivity index (χ1) is 7.77. The number of nitrogens with one attached hydrogen (secondary N) is 1. The van der Waals surface area contributed by atoms with Crippen molar-refractivity contribution in [2.45, 2.75) is 26.7 Å². The predicted octanol–water partition coefficient (Wildman–Crippen LogP) is 2.72. The third kappa shape index (κ3) is 4.33. The lowest BCUT2D eigenvalue weighted by atomic mass is 9.99. The van der Waals surface area contributed by atoms with E-state index in [1.807, 2.05) is 6.92 Å². The molecular formula is C14H23NO. The van der Waals surface area contributed by atoms with E-state index >= 15 is 0 Å². The van der Waals surface area contributed by atoms with Crippen LogP contribution in [0.25, 0.3) is 0 Å². The third-order valence-corrected chi connectivity index (χ3v) is 2.71. The second-order valence-electron chi connectivity index (χ2n) is 4.07. The van der Waals surface area contributed by atoms with E-state index in [0.717, 1.165) is 26.3 Å². The van der Waals surface area contributed by atoms with Crippen LogP contribution in [0, 0.1) is 6.92 Å². The molecule has 0 aliphatic heterocycles. The Bertz CT molecular complexity index is 273. The maximum absolute atomic E-state index is 5.54. The standard InChI is InChI=1S/C14H23NO/c1-4-15-10-14(11-16-5-2)13-8-6-12(3)7-9-13/h6-9,14-15H,4-5,10-11H2,1-3H3. The first kappa shape index (κ1) is 13.2. The molecule has 0 bridgehead atoms. The van der Waals surface area contributed by atoms with Crippen LogP contribution in [-0.2, 0) is 4.74 Å². The van der Waals surface area contributed by atoms with Gasteiger partial charge in [-0.15, -0.1) is 0 Å². The summed E-state index contributed by atoms with van der Waals surface area (Å²) in [6, 6.07) is 8.74. The van der Waals surface area contributed by atoms with E-state index in [1.54, 1.807) is 0 Å². The molecule has 0 amide bonds. The first-order valence-corrected chi connectivity index (χ1v) is 6.13. The van der Waals surface area contributed by atoms with Gasteiger partial charge in [-0.2, -0.15) is 0 Å². The molecule has 0 aliphatic rings. The Labute approximate surface area is 99.0 Å². The summed E-state index contributed by atoms with van der Waals surface area (Å²) in [7, 11) is 0. The molecule has 1 N–H and O–H groups in total. The van der Waals surface area contributed by atoms with Gasteiger partial charge in [0.1, 0.15) is 0 Å². The van der Waals surface area contributed by atoms with Crippen molar-refractivity contribution >= 4 is 0 Å². The van der Waals surface area contributed by atoms with E-state index < -0.39 is 0 Å². The summed E-state index contributed by atoms with van der Waals surface area (Å²) in [5.41, 5.74) is 2.67. The third-order valence-electron chi connectivity index (χ3n) is 2.71. The maximum atomic E-state index is 5.54. The molecule has 1 rings (SSSR count). The molecule has 0 aromatic heterocycles. The van der Waals surface area contributed by atoms with Gasteiger partial charge >= 0.3 is 0 Å². The lowest BCUT2D eigenvalue weighted by Gasteiger charge is -2.17. The van der Waals surface area contributed by atoms with Gasteiger partial charge in [-0.1, -0.05) is 36.8 Å². The van der Waals surface area contributed by atoms with Crippen molar-refractivity contribution in [2.24, 2.45) is 0 Å². The van der Waals surface area contributed by atoms with Crippen LogP contribution in [-0.4, -0.2) is 26.3 Å². The van der Waals surface area contributed by atoms with Gasteiger partial charge in [0, 0.05) is 19.1 Å². The normalized spacial score (nSPS) is 12.7. The van der Waals surface area contributed by atoms with Gasteiger partial charge in [0.15, 0.2) is 0 Å². The lowest BCUT2D eigenvalue weighted by Crippen LogP contribution is -2.24. The molecule has 0 saturated heterocycles. The molecule has 0 heterocycles. The Morgan fingerprint density at radius 1 is 1.19 bits per heavy atom. The molecule has 1 aromatic carbocycles. The van der Waals surface area contributed by atoms with Gasteiger partial charge in [-0.3, -0.25) is 0 Å². The summed E-state index contributed by atoms with van der Waals surface area (Å²) in [5, 5.41) is 3.39. The first-order valence-electron chi connectivity index (χ1n) is 6.13. The van der Waals surface area contributed by atoms with E-state index in [4.69, 9.17) is 4.74 Å². The average molecular weight is 221 g/mol. The number of hydrogen-bond acceptors (Lipinski definition) is 2. The van der Waals surface area contributed by atoms with Crippen molar-refractivity contribution in [1.82, 2.24) is 5.32 Å². The van der Waals surface area contributed by atoms with Crippen LogP contribution in [0.15, 0.2) is 24.3 Å². The molecular weight excluding hydrogens is 198 g/mol. The minimum absolute atomic E-state index is 0.459. The highest BCUT2D eigenvalue weighted by Gasteiger charge is 2.10. The smallest absolute Gasteiger partial charge is 0.0546 e. The predicted molar refractivity (Wildman–Crippen MR) is 69.0 cm³/mol. The maximum Gasteiger partial charge on any atom is 0.0546 e. The Hall–Kier alpha value is -0.860. The van der Waals surface area contributed by atoms with Gasteiger partial charge in [-0.05, 0) is 26.0 Å². The van der Waals surface area contributed by atoms with Gasteiger partial charge < -0.3 is 10.1 Å². The lowest BCUT2D eigenvalue weighted by molar-refractivity contribution is 0.131. The highest BCUT2D eigenvalue weighted by molar-refractivity contribution is 5.24. The van der Waals surface area contributed by atoms with Crippen molar-refractivity contribution in [2.75, 3.05) is 26.3 Å². The van der Waals surface area contributed by atoms with Crippen LogP contribution in [0.4, 0.5) is 0 Å². The van der Waals surface area contributed by atoms with Crippen LogP contribution in [0.3, 0.4) is 0 Å². The minimum Gasteiger partial charge on any atom is -0.381 e. The quantitative estimate of drug-likeness (QED) is 0.764. The van der Waals surface area contributed by atoms with Crippen molar-refractivity contribution in [3.8, 4) is 0 Å². The highest BCUT2D eigenvalue weighted by atomic mass is 16.5. The van der Waals surface area contributed by atoms with Gasteiger partial charge in [0.2, 0.25) is 0 Å². The number of ether oxygens (including phenoxy) is 1. The number of hydrogen-bond donors (Lipinski definition) is 1. The number of aryl methyl sites for hydroxylation is 1. The van der Waals surface area contributed by atoms with Crippen LogP contribution in [0.5, 0.6) is 0 Å². The molecule has 90 valence electrons. The van der Waals surface area contributed by atoms with Crippen LogP contribution in [0.2, 0.25) is 0 Å². The fourth-order valence-electron chi connectivity index (χ4n) is 1.69. The van der Waals surface area contributed by atoms with Crippen molar-refractivity contribution in [1.29, 1.82) is 0 Å². The summed E-state index contributed by atoms with van der Waals surface area (Å²) in [4.78, 5) is 0. The zero-order valence-electron chi connectivity index (χ0n) is 10.6. The fraction of sp³-hybridized carbons (Fsp3) is 0.571. The van der Waals surface area contributed by atoms with Gasteiger partial charge in [0.05, 0.1) is 6.61 Å². The van der Waals surface area contributed by atoms with E-state index in [2.05, 4.69) is 43.4 Å². The Morgan fingerprint density at radius 2 is 1.88 bits per heavy atom. The van der Waals surface area contributed by atoms with Crippen molar-refractivity contribution in [3.63, 3.8) is 0 Å². The number of likely N-dealkylation sites (N-methyl/N-ethyl adjacent to an activating group) is 1. The molecule has 0 fully saturated rings. The van der Waals surface area contributed by atoms with Gasteiger partial charge in [-0.25, -0.2) is 0 Å². The summed E-state index contributed by atoms with van der Waals surface area (Å²) in [5.74, 6) is 0.459. The Kier molecular flexibility index (Phi) is 6.12. The zero-order valence-corrected chi connectivity index (χ0v) is 10.6. The van der Waals surface area contributed by atoms with E-state index in [9.17, 15) is 0 Å². The minimum atomic E-state index is 0.459. The molecule has 1 aromatic rings. The summed E-state index contributed by atoms with van der Waals surface area (Å²) >= 11 is 0. The molecule has 0 spiro atoms. The molecule has 0 aliphatic carbocycles. The van der Waals surface area contributed by atoms with E-state index in [-0.39, 0.29) is 0 Å². The van der Waals surface area contributed by atoms with Crippen LogP contribution < -0.4 is 5.32 Å². The Balaban J connectivity index is 2.62.